The van der Waals surface area contributed by atoms with Gasteiger partial charge in [0, 0.05) is 33.9 Å². The van der Waals surface area contributed by atoms with Gasteiger partial charge < -0.3 is 10.6 Å². The first-order valence-electron chi connectivity index (χ1n) is 8.63. The third-order valence-corrected chi connectivity index (χ3v) is 4.47. The molecule has 0 spiro atoms. The molecule has 3 aromatic carbocycles. The van der Waals surface area contributed by atoms with Gasteiger partial charge in [-0.1, -0.05) is 41.9 Å². The molecule has 0 fully saturated rings. The molecule has 4 nitrogen and oxygen atoms in total. The molecule has 0 unspecified atom stereocenters. The number of rotatable bonds is 5. The molecule has 3 aromatic rings. The van der Waals surface area contributed by atoms with E-state index in [0.717, 1.165) is 5.56 Å². The van der Waals surface area contributed by atoms with Gasteiger partial charge in [0.25, 0.3) is 11.8 Å². The average Bonchev–Trinajstić information content (AvgIpc) is 2.70. The molecule has 0 heterocycles. The first kappa shape index (κ1) is 19.6. The number of hydrogen-bond acceptors (Lipinski definition) is 2. The molecule has 0 aliphatic carbocycles. The van der Waals surface area contributed by atoms with Crippen LogP contribution in [0.5, 0.6) is 0 Å². The predicted octanol–water partition coefficient (Wildman–Crippen LogP) is 4.97. The maximum absolute atomic E-state index is 13.7. The van der Waals surface area contributed by atoms with Crippen LogP contribution in [0.3, 0.4) is 0 Å². The number of hydrogen-bond donors (Lipinski definition) is 2. The summed E-state index contributed by atoms with van der Waals surface area (Å²) in [5.41, 5.74) is 2.51. The van der Waals surface area contributed by atoms with Crippen molar-refractivity contribution in [3.8, 4) is 0 Å². The molecular weight excluding hydrogens is 379 g/mol. The summed E-state index contributed by atoms with van der Waals surface area (Å²) < 4.78 is 13.7. The van der Waals surface area contributed by atoms with E-state index in [9.17, 15) is 14.0 Å². The standard InChI is InChI=1S/C22H18ClFN2O2/c1-14-9-10-18(23)12-20(14)26-22(28)16-7-4-6-15(11-16)21(27)25-13-17-5-2-3-8-19(17)24/h2-12H,13H2,1H3,(H,25,27)(H,26,28). The minimum absolute atomic E-state index is 0.0592. The topological polar surface area (TPSA) is 58.2 Å². The van der Waals surface area contributed by atoms with Gasteiger partial charge in [0.2, 0.25) is 0 Å². The molecule has 28 heavy (non-hydrogen) atoms. The third-order valence-electron chi connectivity index (χ3n) is 4.23. The van der Waals surface area contributed by atoms with Crippen LogP contribution in [0.4, 0.5) is 10.1 Å². The summed E-state index contributed by atoms with van der Waals surface area (Å²) in [4.78, 5) is 24.9. The number of amides is 2. The Bertz CT molecular complexity index is 1040. The Morgan fingerprint density at radius 3 is 2.39 bits per heavy atom. The number of carbonyl (C=O) groups excluding carboxylic acids is 2. The minimum Gasteiger partial charge on any atom is -0.348 e. The van der Waals surface area contributed by atoms with Gasteiger partial charge in [0.05, 0.1) is 0 Å². The summed E-state index contributed by atoms with van der Waals surface area (Å²) >= 11 is 5.98. The highest BCUT2D eigenvalue weighted by atomic mass is 35.5. The molecule has 0 aliphatic heterocycles. The van der Waals surface area contributed by atoms with Crippen molar-refractivity contribution in [3.05, 3.63) is 99.8 Å². The first-order valence-corrected chi connectivity index (χ1v) is 9.01. The quantitative estimate of drug-likeness (QED) is 0.639. The summed E-state index contributed by atoms with van der Waals surface area (Å²) in [6.45, 7) is 1.92. The van der Waals surface area contributed by atoms with Crippen LogP contribution in [-0.2, 0) is 6.54 Å². The number of benzene rings is 3. The van der Waals surface area contributed by atoms with Crippen LogP contribution in [0.15, 0.2) is 66.7 Å². The van der Waals surface area contributed by atoms with E-state index in [1.807, 2.05) is 13.0 Å². The SMILES string of the molecule is Cc1ccc(Cl)cc1NC(=O)c1cccc(C(=O)NCc2ccccc2F)c1. The summed E-state index contributed by atoms with van der Waals surface area (Å²) in [6, 6.07) is 17.8. The molecular formula is C22H18ClFN2O2. The van der Waals surface area contributed by atoms with Crippen molar-refractivity contribution < 1.29 is 14.0 Å². The van der Waals surface area contributed by atoms with E-state index in [1.165, 1.54) is 12.1 Å². The second kappa shape index (κ2) is 8.67. The number of aryl methyl sites for hydroxylation is 1. The van der Waals surface area contributed by atoms with Gasteiger partial charge in [-0.3, -0.25) is 9.59 Å². The second-order valence-corrected chi connectivity index (χ2v) is 6.70. The zero-order chi connectivity index (χ0) is 20.1. The normalized spacial score (nSPS) is 10.4. The molecule has 0 radical (unpaired) electrons. The lowest BCUT2D eigenvalue weighted by Crippen LogP contribution is -2.24. The maximum atomic E-state index is 13.7. The predicted molar refractivity (Wildman–Crippen MR) is 108 cm³/mol. The number of halogens is 2. The van der Waals surface area contributed by atoms with Gasteiger partial charge >= 0.3 is 0 Å². The first-order chi connectivity index (χ1) is 13.4. The molecule has 0 saturated heterocycles. The van der Waals surface area contributed by atoms with Crippen molar-refractivity contribution in [2.45, 2.75) is 13.5 Å². The molecule has 3 rings (SSSR count). The molecule has 0 atom stereocenters. The van der Waals surface area contributed by atoms with E-state index >= 15 is 0 Å². The summed E-state index contributed by atoms with van der Waals surface area (Å²) in [5, 5.41) is 5.97. The molecule has 0 bridgehead atoms. The van der Waals surface area contributed by atoms with Crippen molar-refractivity contribution in [1.29, 1.82) is 0 Å². The Morgan fingerprint density at radius 1 is 0.929 bits per heavy atom. The number of anilines is 1. The van der Waals surface area contributed by atoms with E-state index < -0.39 is 5.91 Å². The van der Waals surface area contributed by atoms with Crippen LogP contribution in [-0.4, -0.2) is 11.8 Å². The van der Waals surface area contributed by atoms with Crippen molar-refractivity contribution in [1.82, 2.24) is 5.32 Å². The highest BCUT2D eigenvalue weighted by molar-refractivity contribution is 6.31. The molecule has 0 aromatic heterocycles. The molecule has 0 saturated carbocycles. The molecule has 6 heteroatoms. The Balaban J connectivity index is 1.70. The smallest absolute Gasteiger partial charge is 0.255 e. The van der Waals surface area contributed by atoms with Gasteiger partial charge in [0.1, 0.15) is 5.82 Å². The summed E-state index contributed by atoms with van der Waals surface area (Å²) in [6.07, 6.45) is 0. The van der Waals surface area contributed by atoms with Crippen LogP contribution in [0, 0.1) is 12.7 Å². The van der Waals surface area contributed by atoms with E-state index in [4.69, 9.17) is 11.6 Å². The lowest BCUT2D eigenvalue weighted by atomic mass is 10.1. The molecule has 2 amide bonds. The van der Waals surface area contributed by atoms with Crippen molar-refractivity contribution >= 4 is 29.1 Å². The number of carbonyl (C=O) groups is 2. The largest absolute Gasteiger partial charge is 0.348 e. The van der Waals surface area contributed by atoms with Gasteiger partial charge in [-0.25, -0.2) is 4.39 Å². The lowest BCUT2D eigenvalue weighted by Gasteiger charge is -2.10. The monoisotopic (exact) mass is 396 g/mol. The fourth-order valence-corrected chi connectivity index (χ4v) is 2.82. The zero-order valence-electron chi connectivity index (χ0n) is 15.1. The van der Waals surface area contributed by atoms with E-state index in [-0.39, 0.29) is 18.3 Å². The third kappa shape index (κ3) is 4.75. The van der Waals surface area contributed by atoms with Gasteiger partial charge in [-0.15, -0.1) is 0 Å². The summed E-state index contributed by atoms with van der Waals surface area (Å²) in [5.74, 6) is -1.13. The highest BCUT2D eigenvalue weighted by Crippen LogP contribution is 2.21. The number of nitrogens with one attached hydrogen (secondary N) is 2. The summed E-state index contributed by atoms with van der Waals surface area (Å²) in [7, 11) is 0. The van der Waals surface area contributed by atoms with Crippen molar-refractivity contribution in [2.24, 2.45) is 0 Å². The Hall–Kier alpha value is -3.18. The van der Waals surface area contributed by atoms with Crippen LogP contribution in [0.2, 0.25) is 5.02 Å². The van der Waals surface area contributed by atoms with Crippen LogP contribution < -0.4 is 10.6 Å². The fraction of sp³-hybridized carbons (Fsp3) is 0.0909. The molecule has 142 valence electrons. The van der Waals surface area contributed by atoms with Gasteiger partial charge in [0.15, 0.2) is 0 Å². The van der Waals surface area contributed by atoms with Crippen molar-refractivity contribution in [3.63, 3.8) is 0 Å². The molecule has 2 N–H and O–H groups in total. The van der Waals surface area contributed by atoms with Crippen LogP contribution >= 0.6 is 11.6 Å². The highest BCUT2D eigenvalue weighted by Gasteiger charge is 2.12. The Labute approximate surface area is 167 Å². The fourth-order valence-electron chi connectivity index (χ4n) is 2.64. The minimum atomic E-state index is -0.392. The maximum Gasteiger partial charge on any atom is 0.255 e. The zero-order valence-corrected chi connectivity index (χ0v) is 15.9. The lowest BCUT2D eigenvalue weighted by molar-refractivity contribution is 0.0950. The van der Waals surface area contributed by atoms with Gasteiger partial charge in [-0.05, 0) is 48.9 Å². The van der Waals surface area contributed by atoms with E-state index in [2.05, 4.69) is 10.6 Å². The average molecular weight is 397 g/mol. The van der Waals surface area contributed by atoms with E-state index in [0.29, 0.717) is 27.4 Å². The van der Waals surface area contributed by atoms with Crippen molar-refractivity contribution in [2.75, 3.05) is 5.32 Å². The Kier molecular flexibility index (Phi) is 6.06. The van der Waals surface area contributed by atoms with Crippen LogP contribution in [0.25, 0.3) is 0 Å². The molecule has 0 aliphatic rings. The van der Waals surface area contributed by atoms with E-state index in [1.54, 1.807) is 48.5 Å². The Morgan fingerprint density at radius 2 is 1.64 bits per heavy atom. The second-order valence-electron chi connectivity index (χ2n) is 6.27. The van der Waals surface area contributed by atoms with Gasteiger partial charge in [-0.2, -0.15) is 0 Å². The van der Waals surface area contributed by atoms with Crippen LogP contribution in [0.1, 0.15) is 31.8 Å².